The minimum Gasteiger partial charge on any atom is -0.444 e. The first-order valence-corrected chi connectivity index (χ1v) is 19.6. The lowest BCUT2D eigenvalue weighted by Gasteiger charge is -2.31. The van der Waals surface area contributed by atoms with Crippen LogP contribution in [0.15, 0.2) is 60.8 Å². The lowest BCUT2D eigenvalue weighted by atomic mass is 9.94. The highest BCUT2D eigenvalue weighted by atomic mass is 32.2. The number of aromatic amines is 1. The Morgan fingerprint density at radius 2 is 1.66 bits per heavy atom. The Kier molecular flexibility index (Phi) is 10.4. The number of nitrogens with zero attached hydrogens (tertiary/aromatic N) is 4. The lowest BCUT2D eigenvalue weighted by molar-refractivity contribution is -0.118. The Morgan fingerprint density at radius 1 is 0.960 bits per heavy atom. The number of ether oxygens (including phenoxy) is 1. The van der Waals surface area contributed by atoms with Gasteiger partial charge in [-0.1, -0.05) is 54.6 Å². The molecule has 1 N–H and O–H groups in total. The number of rotatable bonds is 5. The molecule has 268 valence electrons. The number of aromatic nitrogens is 2. The minimum absolute atomic E-state index is 0. The molecule has 4 heterocycles. The Hall–Kier alpha value is -4.22. The van der Waals surface area contributed by atoms with Gasteiger partial charge in [-0.05, 0) is 88.2 Å². The third kappa shape index (κ3) is 8.05. The van der Waals surface area contributed by atoms with E-state index in [0.29, 0.717) is 32.4 Å². The summed E-state index contributed by atoms with van der Waals surface area (Å²) in [6.45, 7) is 8.67. The number of fused-ring (bicyclic) bond motifs is 3. The van der Waals surface area contributed by atoms with Crippen molar-refractivity contribution in [1.82, 2.24) is 19.8 Å². The molecule has 1 fully saturated rings. The number of H-pyrrole nitrogens is 1. The van der Waals surface area contributed by atoms with Gasteiger partial charge in [0.2, 0.25) is 5.91 Å². The highest BCUT2D eigenvalue weighted by Crippen LogP contribution is 2.42. The molecule has 10 nitrogen and oxygen atoms in total. The van der Waals surface area contributed by atoms with E-state index in [1.807, 2.05) is 39.0 Å². The molecule has 2 aliphatic rings. The second kappa shape index (κ2) is 14.6. The number of carbonyl (C=O) groups excluding carboxylic acids is 2. The molecule has 0 aliphatic carbocycles. The van der Waals surface area contributed by atoms with E-state index in [1.165, 1.54) is 11.8 Å². The van der Waals surface area contributed by atoms with Crippen LogP contribution in [0.5, 0.6) is 0 Å². The minimum atomic E-state index is -3.00. The molecule has 2 aromatic carbocycles. The number of piperidine rings is 1. The molecule has 2 aromatic heterocycles. The first kappa shape index (κ1) is 35.6. The first-order valence-electron chi connectivity index (χ1n) is 17.6. The topological polar surface area (TPSA) is 116 Å². The van der Waals surface area contributed by atoms with E-state index >= 15 is 0 Å². The van der Waals surface area contributed by atoms with Crippen LogP contribution in [0.2, 0.25) is 0 Å². The van der Waals surface area contributed by atoms with Crippen LogP contribution in [-0.2, 0) is 32.3 Å². The molecule has 0 saturated carbocycles. The molecule has 1 saturated heterocycles. The zero-order valence-electron chi connectivity index (χ0n) is 29.9. The number of sulfone groups is 1. The number of nitrogens with one attached hydrogen (secondary N) is 1. The predicted octanol–water partition coefficient (Wildman–Crippen LogP) is 7.08. The molecular weight excluding hydrogens is 651 g/mol. The van der Waals surface area contributed by atoms with Gasteiger partial charge in [-0.25, -0.2) is 18.2 Å². The molecule has 0 unspecified atom stereocenters. The van der Waals surface area contributed by atoms with Crippen LogP contribution in [0.25, 0.3) is 33.4 Å². The maximum atomic E-state index is 13.6. The van der Waals surface area contributed by atoms with Crippen molar-refractivity contribution >= 4 is 38.6 Å². The third-order valence-corrected chi connectivity index (χ3v) is 11.5. The van der Waals surface area contributed by atoms with Crippen LogP contribution >= 0.6 is 0 Å². The Balaban J connectivity index is 0.00000504. The summed E-state index contributed by atoms with van der Waals surface area (Å²) in [4.78, 5) is 40.8. The number of hydrogen-bond donors (Lipinski definition) is 1. The second-order valence-corrected chi connectivity index (χ2v) is 17.0. The van der Waals surface area contributed by atoms with Crippen molar-refractivity contribution in [2.24, 2.45) is 0 Å². The van der Waals surface area contributed by atoms with Gasteiger partial charge in [0.05, 0.1) is 22.8 Å². The summed E-state index contributed by atoms with van der Waals surface area (Å²) in [5, 5.41) is 0.764. The molecule has 6 rings (SSSR count). The molecule has 4 aromatic rings. The van der Waals surface area contributed by atoms with Crippen molar-refractivity contribution < 1.29 is 24.2 Å². The molecule has 0 bridgehead atoms. The summed E-state index contributed by atoms with van der Waals surface area (Å²) in [5.74, 6) is -0.0870. The van der Waals surface area contributed by atoms with Crippen molar-refractivity contribution in [3.63, 3.8) is 0 Å². The van der Waals surface area contributed by atoms with Crippen molar-refractivity contribution in [3.8, 4) is 22.4 Å². The largest absolute Gasteiger partial charge is 0.444 e. The Morgan fingerprint density at radius 3 is 2.32 bits per heavy atom. The normalized spacial score (nSPS) is 17.4. The average Bonchev–Trinajstić information content (AvgIpc) is 3.46. The molecule has 0 radical (unpaired) electrons. The van der Waals surface area contributed by atoms with E-state index in [1.54, 1.807) is 23.0 Å². The molecule has 0 atom stereocenters. The fourth-order valence-corrected chi connectivity index (χ4v) is 8.22. The van der Waals surface area contributed by atoms with Crippen LogP contribution < -0.4 is 4.90 Å². The quantitative estimate of drug-likeness (QED) is 0.237. The molecular formula is C39H51N5O5S. The number of amides is 2. The monoisotopic (exact) mass is 701 g/mol. The second-order valence-electron chi connectivity index (χ2n) is 14.7. The van der Waals surface area contributed by atoms with Gasteiger partial charge in [0, 0.05) is 51.7 Å². The summed E-state index contributed by atoms with van der Waals surface area (Å²) in [6, 6.07) is 18.9. The van der Waals surface area contributed by atoms with Crippen LogP contribution in [0.4, 0.5) is 10.5 Å². The Labute approximate surface area is 297 Å². The van der Waals surface area contributed by atoms with Crippen LogP contribution in [0.3, 0.4) is 0 Å². The zero-order chi connectivity index (χ0) is 35.6. The highest BCUT2D eigenvalue weighted by Gasteiger charge is 2.28. The molecule has 0 spiro atoms. The summed E-state index contributed by atoms with van der Waals surface area (Å²) >= 11 is 0. The lowest BCUT2D eigenvalue weighted by Crippen LogP contribution is -2.39. The maximum absolute atomic E-state index is 13.6. The summed E-state index contributed by atoms with van der Waals surface area (Å²) in [7, 11) is -1.21. The number of aryl methyl sites for hydroxylation is 1. The van der Waals surface area contributed by atoms with Crippen molar-refractivity contribution in [2.45, 2.75) is 76.7 Å². The van der Waals surface area contributed by atoms with E-state index in [-0.39, 0.29) is 19.0 Å². The van der Waals surface area contributed by atoms with E-state index in [4.69, 9.17) is 9.72 Å². The highest BCUT2D eigenvalue weighted by molar-refractivity contribution is 7.91. The van der Waals surface area contributed by atoms with Gasteiger partial charge in [0.15, 0.2) is 0 Å². The number of anilines is 1. The van der Waals surface area contributed by atoms with Gasteiger partial charge >= 0.3 is 6.09 Å². The fourth-order valence-electron chi connectivity index (χ4n) is 7.15. The number of likely N-dealkylation sites (tertiary alicyclic amines) is 1. The van der Waals surface area contributed by atoms with Crippen molar-refractivity contribution in [1.29, 1.82) is 0 Å². The van der Waals surface area contributed by atoms with Crippen LogP contribution in [0, 0.1) is 0 Å². The summed E-state index contributed by atoms with van der Waals surface area (Å²) < 4.78 is 29.7. The van der Waals surface area contributed by atoms with Crippen molar-refractivity contribution in [3.05, 3.63) is 71.9 Å². The maximum Gasteiger partial charge on any atom is 0.410 e. The average molecular weight is 702 g/mol. The number of benzene rings is 2. The van der Waals surface area contributed by atoms with Gasteiger partial charge in [-0.2, -0.15) is 0 Å². The van der Waals surface area contributed by atoms with Crippen LogP contribution in [0.1, 0.15) is 65.4 Å². The van der Waals surface area contributed by atoms with E-state index in [0.717, 1.165) is 77.1 Å². The van der Waals surface area contributed by atoms with Crippen molar-refractivity contribution in [2.75, 3.05) is 44.4 Å². The van der Waals surface area contributed by atoms with Gasteiger partial charge in [0.25, 0.3) is 0 Å². The smallest absolute Gasteiger partial charge is 0.410 e. The van der Waals surface area contributed by atoms with Gasteiger partial charge in [-0.15, -0.1) is 0 Å². The van der Waals surface area contributed by atoms with Gasteiger partial charge < -0.3 is 19.5 Å². The van der Waals surface area contributed by atoms with Crippen LogP contribution in [-0.4, -0.2) is 90.5 Å². The SMILES string of the molecule is CN1C(=O)CCN(C(=O)OC(C)(C)C)CCCCc2c1cnc1[nH]c(-c3ccc(CN4CCC(S(C)(=O)=O)CC4)cc3)c(-c3ccccc3)c21.[HH]. The van der Waals surface area contributed by atoms with Gasteiger partial charge in [0.1, 0.15) is 21.1 Å². The summed E-state index contributed by atoms with van der Waals surface area (Å²) in [5.41, 5.74) is 7.27. The molecule has 2 aliphatic heterocycles. The van der Waals surface area contributed by atoms with Gasteiger partial charge in [-0.3, -0.25) is 9.69 Å². The third-order valence-electron chi connectivity index (χ3n) is 9.85. The number of pyridine rings is 1. The predicted molar refractivity (Wildman–Crippen MR) is 201 cm³/mol. The summed E-state index contributed by atoms with van der Waals surface area (Å²) in [6.07, 6.45) is 6.57. The standard InChI is InChI=1S/C39H49N5O5S.H2/c1-39(2,3)49-38(46)44-21-10-9-13-31-32(42(4)33(45)20-24-44)25-40-37-35(31)34(28-11-7-6-8-12-28)36(41-37)29-16-14-27(15-17-29)26-43-22-18-30(19-23-43)50(5,47)48;/h6-8,11-12,14-17,25,30H,9-10,13,18-24,26H2,1-5H3,(H,40,41);1H. The first-order chi connectivity index (χ1) is 23.8. The zero-order valence-corrected chi connectivity index (χ0v) is 30.7. The molecule has 2 amide bonds. The molecule has 50 heavy (non-hydrogen) atoms. The van der Waals surface area contributed by atoms with E-state index in [9.17, 15) is 18.0 Å². The molecule has 11 heteroatoms. The van der Waals surface area contributed by atoms with E-state index in [2.05, 4.69) is 46.3 Å². The Bertz CT molecular complexity index is 1950. The number of carbonyl (C=O) groups is 2. The van der Waals surface area contributed by atoms with E-state index < -0.39 is 21.5 Å². The fraction of sp³-hybridized carbons (Fsp3) is 0.462. The number of hydrogen-bond acceptors (Lipinski definition) is 7.